The molecule has 0 aromatic heterocycles. The van der Waals surface area contributed by atoms with E-state index in [4.69, 9.17) is 0 Å². The fourth-order valence-electron chi connectivity index (χ4n) is 2.85. The highest BCUT2D eigenvalue weighted by molar-refractivity contribution is 6.28. The lowest BCUT2D eigenvalue weighted by Crippen LogP contribution is -2.22. The SMILES string of the molecule is CNCC(C)c1ccc2c(c1)C(=O)c1ccccc1C2=O. The minimum atomic E-state index is -0.0620. The van der Waals surface area contributed by atoms with Crippen LogP contribution >= 0.6 is 0 Å². The molecule has 106 valence electrons. The van der Waals surface area contributed by atoms with Crippen LogP contribution in [0.2, 0.25) is 0 Å². The molecule has 3 heteroatoms. The van der Waals surface area contributed by atoms with Crippen LogP contribution in [0.25, 0.3) is 0 Å². The summed E-state index contributed by atoms with van der Waals surface area (Å²) in [5, 5.41) is 3.13. The van der Waals surface area contributed by atoms with Crippen molar-refractivity contribution in [2.45, 2.75) is 12.8 Å². The maximum atomic E-state index is 12.6. The van der Waals surface area contributed by atoms with Crippen LogP contribution in [0.1, 0.15) is 50.2 Å². The molecule has 1 aliphatic rings. The van der Waals surface area contributed by atoms with Gasteiger partial charge in [-0.15, -0.1) is 0 Å². The zero-order valence-corrected chi connectivity index (χ0v) is 12.1. The van der Waals surface area contributed by atoms with Crippen molar-refractivity contribution in [1.82, 2.24) is 5.32 Å². The minimum Gasteiger partial charge on any atom is -0.319 e. The highest BCUT2D eigenvalue weighted by atomic mass is 16.1. The van der Waals surface area contributed by atoms with E-state index in [1.165, 1.54) is 0 Å². The predicted molar refractivity (Wildman–Crippen MR) is 82.1 cm³/mol. The molecule has 0 saturated carbocycles. The minimum absolute atomic E-state index is 0.0568. The van der Waals surface area contributed by atoms with Crippen molar-refractivity contribution >= 4 is 11.6 Å². The first-order chi connectivity index (χ1) is 10.1. The van der Waals surface area contributed by atoms with Crippen molar-refractivity contribution < 1.29 is 9.59 Å². The van der Waals surface area contributed by atoms with Crippen molar-refractivity contribution in [1.29, 1.82) is 0 Å². The van der Waals surface area contributed by atoms with Crippen LogP contribution in [0.4, 0.5) is 0 Å². The van der Waals surface area contributed by atoms with Crippen LogP contribution in [0.3, 0.4) is 0 Å². The molecule has 21 heavy (non-hydrogen) atoms. The summed E-state index contributed by atoms with van der Waals surface area (Å²) in [6, 6.07) is 12.6. The molecule has 0 heterocycles. The van der Waals surface area contributed by atoms with E-state index >= 15 is 0 Å². The van der Waals surface area contributed by atoms with E-state index in [9.17, 15) is 9.59 Å². The van der Waals surface area contributed by atoms with Gasteiger partial charge in [0.05, 0.1) is 0 Å². The van der Waals surface area contributed by atoms with Crippen LogP contribution in [0.15, 0.2) is 42.5 Å². The first-order valence-electron chi connectivity index (χ1n) is 7.10. The third-order valence-corrected chi connectivity index (χ3v) is 4.03. The van der Waals surface area contributed by atoms with E-state index in [0.29, 0.717) is 28.2 Å². The van der Waals surface area contributed by atoms with Crippen LogP contribution in [-0.4, -0.2) is 25.2 Å². The van der Waals surface area contributed by atoms with Gasteiger partial charge in [-0.2, -0.15) is 0 Å². The highest BCUT2D eigenvalue weighted by Crippen LogP contribution is 2.29. The van der Waals surface area contributed by atoms with Gasteiger partial charge >= 0.3 is 0 Å². The van der Waals surface area contributed by atoms with Gasteiger partial charge in [-0.3, -0.25) is 9.59 Å². The normalized spacial score (nSPS) is 14.6. The summed E-state index contributed by atoms with van der Waals surface area (Å²) < 4.78 is 0. The maximum Gasteiger partial charge on any atom is 0.194 e. The molecule has 1 unspecified atom stereocenters. The average molecular weight is 279 g/mol. The first-order valence-corrected chi connectivity index (χ1v) is 7.10. The molecule has 0 fully saturated rings. The fourth-order valence-corrected chi connectivity index (χ4v) is 2.85. The molecular weight excluding hydrogens is 262 g/mol. The predicted octanol–water partition coefficient (Wildman–Crippen LogP) is 2.78. The molecule has 0 spiro atoms. The maximum absolute atomic E-state index is 12.6. The summed E-state index contributed by atoms with van der Waals surface area (Å²) in [5.41, 5.74) is 3.13. The Kier molecular flexibility index (Phi) is 3.43. The van der Waals surface area contributed by atoms with E-state index in [2.05, 4.69) is 12.2 Å². The van der Waals surface area contributed by atoms with E-state index in [1.54, 1.807) is 30.3 Å². The number of benzene rings is 2. The van der Waals surface area contributed by atoms with Crippen LogP contribution in [0, 0.1) is 0 Å². The van der Waals surface area contributed by atoms with E-state index in [1.807, 2.05) is 19.2 Å². The zero-order valence-electron chi connectivity index (χ0n) is 12.1. The van der Waals surface area contributed by atoms with Gasteiger partial charge in [0.15, 0.2) is 11.6 Å². The van der Waals surface area contributed by atoms with Gasteiger partial charge in [0.25, 0.3) is 0 Å². The van der Waals surface area contributed by atoms with Crippen LogP contribution < -0.4 is 5.32 Å². The van der Waals surface area contributed by atoms with Gasteiger partial charge in [0, 0.05) is 28.8 Å². The monoisotopic (exact) mass is 279 g/mol. The first kappa shape index (κ1) is 13.7. The molecule has 2 aromatic carbocycles. The molecule has 1 atom stereocenters. The number of hydrogen-bond acceptors (Lipinski definition) is 3. The molecule has 0 saturated heterocycles. The Hall–Kier alpha value is -2.26. The second-order valence-corrected chi connectivity index (χ2v) is 5.47. The summed E-state index contributed by atoms with van der Waals surface area (Å²) >= 11 is 0. The van der Waals surface area contributed by atoms with Crippen LogP contribution in [0.5, 0.6) is 0 Å². The van der Waals surface area contributed by atoms with Gasteiger partial charge in [0.1, 0.15) is 0 Å². The van der Waals surface area contributed by atoms with Gasteiger partial charge in [-0.05, 0) is 24.6 Å². The Morgan fingerprint density at radius 2 is 1.48 bits per heavy atom. The van der Waals surface area contributed by atoms with E-state index in [-0.39, 0.29) is 11.6 Å². The Bertz CT molecular complexity index is 734. The highest BCUT2D eigenvalue weighted by Gasteiger charge is 2.29. The molecule has 0 bridgehead atoms. The van der Waals surface area contributed by atoms with Crippen molar-refractivity contribution in [2.24, 2.45) is 0 Å². The van der Waals surface area contributed by atoms with Crippen molar-refractivity contribution in [3.05, 3.63) is 70.3 Å². The van der Waals surface area contributed by atoms with Gasteiger partial charge in [-0.25, -0.2) is 0 Å². The molecule has 1 aliphatic carbocycles. The van der Waals surface area contributed by atoms with Crippen molar-refractivity contribution in [3.63, 3.8) is 0 Å². The Morgan fingerprint density at radius 3 is 2.10 bits per heavy atom. The molecule has 1 N–H and O–H groups in total. The number of rotatable bonds is 3. The average Bonchev–Trinajstić information content (AvgIpc) is 2.52. The lowest BCUT2D eigenvalue weighted by molar-refractivity contribution is 0.0979. The largest absolute Gasteiger partial charge is 0.319 e. The van der Waals surface area contributed by atoms with Gasteiger partial charge in [0.2, 0.25) is 0 Å². The molecule has 0 amide bonds. The summed E-state index contributed by atoms with van der Waals surface area (Å²) in [6.07, 6.45) is 0. The second kappa shape index (κ2) is 5.26. The summed E-state index contributed by atoms with van der Waals surface area (Å²) in [7, 11) is 1.90. The molecule has 3 nitrogen and oxygen atoms in total. The smallest absolute Gasteiger partial charge is 0.194 e. The summed E-state index contributed by atoms with van der Waals surface area (Å²) in [5.74, 6) is 0.173. The molecule has 2 aromatic rings. The standard InChI is InChI=1S/C18H17NO2/c1-11(10-19-2)12-7-8-15-16(9-12)18(21)14-6-4-3-5-13(14)17(15)20/h3-9,11,19H,10H2,1-2H3. The second-order valence-electron chi connectivity index (χ2n) is 5.47. The van der Waals surface area contributed by atoms with Crippen molar-refractivity contribution in [2.75, 3.05) is 13.6 Å². The fraction of sp³-hybridized carbons (Fsp3) is 0.222. The lowest BCUT2D eigenvalue weighted by atomic mass is 9.82. The summed E-state index contributed by atoms with van der Waals surface area (Å²) in [4.78, 5) is 25.1. The Balaban J connectivity index is 2.11. The number of likely N-dealkylation sites (N-methyl/N-ethyl adjacent to an activating group) is 1. The van der Waals surface area contributed by atoms with E-state index in [0.717, 1.165) is 12.1 Å². The number of fused-ring (bicyclic) bond motifs is 2. The number of ketones is 2. The quantitative estimate of drug-likeness (QED) is 0.802. The van der Waals surface area contributed by atoms with Crippen molar-refractivity contribution in [3.8, 4) is 0 Å². The third-order valence-electron chi connectivity index (χ3n) is 4.03. The molecule has 3 rings (SSSR count). The molecule has 0 radical (unpaired) electrons. The Labute approximate surface area is 124 Å². The zero-order chi connectivity index (χ0) is 15.0. The van der Waals surface area contributed by atoms with Gasteiger partial charge in [-0.1, -0.05) is 43.3 Å². The molecule has 0 aliphatic heterocycles. The van der Waals surface area contributed by atoms with Gasteiger partial charge < -0.3 is 5.32 Å². The number of hydrogen-bond donors (Lipinski definition) is 1. The molecular formula is C18H17NO2. The third kappa shape index (κ3) is 2.20. The number of carbonyl (C=O) groups excluding carboxylic acids is 2. The Morgan fingerprint density at radius 1 is 0.905 bits per heavy atom. The van der Waals surface area contributed by atoms with E-state index < -0.39 is 0 Å². The topological polar surface area (TPSA) is 46.2 Å². The number of nitrogens with one attached hydrogen (secondary N) is 1. The summed E-state index contributed by atoms with van der Waals surface area (Å²) in [6.45, 7) is 2.93. The lowest BCUT2D eigenvalue weighted by Gasteiger charge is -2.19. The van der Waals surface area contributed by atoms with Crippen LogP contribution in [-0.2, 0) is 0 Å². The number of carbonyl (C=O) groups is 2.